The quantitative estimate of drug-likeness (QED) is 0.780. The Morgan fingerprint density at radius 3 is 2.93 bits per heavy atom. The molecule has 0 amide bonds. The molecule has 3 heteroatoms. The largest absolute Gasteiger partial charge is 0.508 e. The molecule has 15 heavy (non-hydrogen) atoms. The number of rotatable bonds is 6. The van der Waals surface area contributed by atoms with Crippen molar-refractivity contribution >= 4 is 11.8 Å². The maximum atomic E-state index is 9.27. The molecule has 2 nitrogen and oxygen atoms in total. The lowest BCUT2D eigenvalue weighted by molar-refractivity contribution is 0.473. The van der Waals surface area contributed by atoms with Gasteiger partial charge in [0.05, 0.1) is 0 Å². The molecule has 0 aliphatic rings. The van der Waals surface area contributed by atoms with Crippen molar-refractivity contribution in [1.29, 1.82) is 0 Å². The van der Waals surface area contributed by atoms with Gasteiger partial charge in [-0.25, -0.2) is 0 Å². The van der Waals surface area contributed by atoms with Crippen LogP contribution in [0, 0.1) is 5.92 Å². The highest BCUT2D eigenvalue weighted by atomic mass is 32.2. The van der Waals surface area contributed by atoms with E-state index in [9.17, 15) is 5.11 Å². The van der Waals surface area contributed by atoms with Crippen LogP contribution in [0.2, 0.25) is 0 Å². The molecule has 0 radical (unpaired) electrons. The van der Waals surface area contributed by atoms with E-state index in [2.05, 4.69) is 18.5 Å². The van der Waals surface area contributed by atoms with Gasteiger partial charge in [0.1, 0.15) is 5.75 Å². The molecule has 1 aromatic rings. The normalized spacial score (nSPS) is 12.7. The molecule has 2 N–H and O–H groups in total. The molecule has 0 aliphatic heterocycles. The van der Waals surface area contributed by atoms with Crippen molar-refractivity contribution in [3.05, 3.63) is 29.8 Å². The lowest BCUT2D eigenvalue weighted by Crippen LogP contribution is -2.21. The van der Waals surface area contributed by atoms with Crippen LogP contribution < -0.4 is 5.32 Å². The SMILES string of the molecule is CSCC(C)CNCc1cccc(O)c1. The second-order valence-corrected chi connectivity index (χ2v) is 4.77. The zero-order valence-electron chi connectivity index (χ0n) is 9.36. The minimum atomic E-state index is 0.339. The molecule has 0 aromatic heterocycles. The monoisotopic (exact) mass is 225 g/mol. The molecular formula is C12H19NOS. The Hall–Kier alpha value is -0.670. The first-order chi connectivity index (χ1) is 7.22. The molecule has 0 saturated carbocycles. The highest BCUT2D eigenvalue weighted by molar-refractivity contribution is 7.98. The van der Waals surface area contributed by atoms with Gasteiger partial charge in [0, 0.05) is 6.54 Å². The Bertz CT molecular complexity index is 291. The molecule has 0 aliphatic carbocycles. The van der Waals surface area contributed by atoms with Crippen LogP contribution in [-0.4, -0.2) is 23.7 Å². The van der Waals surface area contributed by atoms with Gasteiger partial charge in [-0.05, 0) is 42.2 Å². The fourth-order valence-electron chi connectivity index (χ4n) is 1.47. The number of nitrogens with one attached hydrogen (secondary N) is 1. The highest BCUT2D eigenvalue weighted by Crippen LogP contribution is 2.10. The van der Waals surface area contributed by atoms with E-state index in [4.69, 9.17) is 0 Å². The summed E-state index contributed by atoms with van der Waals surface area (Å²) in [5.41, 5.74) is 1.13. The summed E-state index contributed by atoms with van der Waals surface area (Å²) in [7, 11) is 0. The third-order valence-corrected chi connectivity index (χ3v) is 3.09. The van der Waals surface area contributed by atoms with Crippen molar-refractivity contribution in [1.82, 2.24) is 5.32 Å². The lowest BCUT2D eigenvalue weighted by Gasteiger charge is -2.11. The molecule has 1 aromatic carbocycles. The van der Waals surface area contributed by atoms with Gasteiger partial charge in [0.2, 0.25) is 0 Å². The van der Waals surface area contributed by atoms with Crippen LogP contribution in [0.1, 0.15) is 12.5 Å². The third-order valence-electron chi connectivity index (χ3n) is 2.18. The Morgan fingerprint density at radius 2 is 2.27 bits per heavy atom. The molecule has 1 unspecified atom stereocenters. The maximum absolute atomic E-state index is 9.27. The van der Waals surface area contributed by atoms with Gasteiger partial charge in [0.15, 0.2) is 0 Å². The van der Waals surface area contributed by atoms with Crippen LogP contribution in [0.3, 0.4) is 0 Å². The van der Waals surface area contributed by atoms with Crippen molar-refractivity contribution in [3.8, 4) is 5.75 Å². The van der Waals surface area contributed by atoms with Gasteiger partial charge in [-0.3, -0.25) is 0 Å². The third kappa shape index (κ3) is 5.09. The van der Waals surface area contributed by atoms with E-state index >= 15 is 0 Å². The fraction of sp³-hybridized carbons (Fsp3) is 0.500. The molecule has 0 bridgehead atoms. The van der Waals surface area contributed by atoms with Gasteiger partial charge >= 0.3 is 0 Å². The summed E-state index contributed by atoms with van der Waals surface area (Å²) < 4.78 is 0. The molecule has 1 rings (SSSR count). The maximum Gasteiger partial charge on any atom is 0.115 e. The zero-order valence-corrected chi connectivity index (χ0v) is 10.2. The Morgan fingerprint density at radius 1 is 1.47 bits per heavy atom. The first kappa shape index (κ1) is 12.4. The first-order valence-electron chi connectivity index (χ1n) is 5.20. The number of phenolic OH excluding ortho intramolecular Hbond substituents is 1. The van der Waals surface area contributed by atoms with E-state index in [1.165, 1.54) is 5.75 Å². The van der Waals surface area contributed by atoms with E-state index < -0.39 is 0 Å². The summed E-state index contributed by atoms with van der Waals surface area (Å²) in [5.74, 6) is 2.22. The van der Waals surface area contributed by atoms with Crippen LogP contribution in [0.15, 0.2) is 24.3 Å². The molecule has 0 spiro atoms. The van der Waals surface area contributed by atoms with Crippen molar-refractivity contribution in [3.63, 3.8) is 0 Å². The van der Waals surface area contributed by atoms with E-state index in [1.54, 1.807) is 12.1 Å². The highest BCUT2D eigenvalue weighted by Gasteiger charge is 2.00. The molecule has 0 heterocycles. The predicted octanol–water partition coefficient (Wildman–Crippen LogP) is 2.48. The minimum Gasteiger partial charge on any atom is -0.508 e. The van der Waals surface area contributed by atoms with Crippen molar-refractivity contribution in [2.45, 2.75) is 13.5 Å². The average Bonchev–Trinajstić information content (AvgIpc) is 2.18. The lowest BCUT2D eigenvalue weighted by atomic mass is 10.2. The average molecular weight is 225 g/mol. The number of hydrogen-bond acceptors (Lipinski definition) is 3. The summed E-state index contributed by atoms with van der Waals surface area (Å²) in [6.45, 7) is 4.09. The van der Waals surface area contributed by atoms with E-state index in [1.807, 2.05) is 23.9 Å². The Balaban J connectivity index is 2.25. The molecule has 1 atom stereocenters. The van der Waals surface area contributed by atoms with Crippen LogP contribution in [0.25, 0.3) is 0 Å². The topological polar surface area (TPSA) is 32.3 Å². The number of benzene rings is 1. The zero-order chi connectivity index (χ0) is 11.1. The summed E-state index contributed by atoms with van der Waals surface area (Å²) in [6, 6.07) is 7.38. The second-order valence-electron chi connectivity index (χ2n) is 3.86. The summed E-state index contributed by atoms with van der Waals surface area (Å²) in [5, 5.41) is 12.7. The van der Waals surface area contributed by atoms with Gasteiger partial charge in [-0.2, -0.15) is 11.8 Å². The second kappa shape index (κ2) is 6.75. The predicted molar refractivity (Wildman–Crippen MR) is 67.4 cm³/mol. The molecular weight excluding hydrogens is 206 g/mol. The van der Waals surface area contributed by atoms with E-state index in [0.29, 0.717) is 11.7 Å². The van der Waals surface area contributed by atoms with Crippen LogP contribution >= 0.6 is 11.8 Å². The Labute approximate surface area is 96.1 Å². The van der Waals surface area contributed by atoms with E-state index in [0.717, 1.165) is 18.7 Å². The van der Waals surface area contributed by atoms with Crippen molar-refractivity contribution < 1.29 is 5.11 Å². The first-order valence-corrected chi connectivity index (χ1v) is 6.59. The Kier molecular flexibility index (Phi) is 5.58. The van der Waals surface area contributed by atoms with Crippen LogP contribution in [0.5, 0.6) is 5.75 Å². The molecule has 84 valence electrons. The van der Waals surface area contributed by atoms with Gasteiger partial charge < -0.3 is 10.4 Å². The molecule has 0 fully saturated rings. The number of hydrogen-bond donors (Lipinski definition) is 2. The number of thioether (sulfide) groups is 1. The van der Waals surface area contributed by atoms with Gasteiger partial charge in [-0.1, -0.05) is 19.1 Å². The fourth-order valence-corrected chi connectivity index (χ4v) is 2.16. The van der Waals surface area contributed by atoms with E-state index in [-0.39, 0.29) is 0 Å². The van der Waals surface area contributed by atoms with Gasteiger partial charge in [0.25, 0.3) is 0 Å². The standard InChI is InChI=1S/C12H19NOS/c1-10(9-15-2)7-13-8-11-4-3-5-12(14)6-11/h3-6,10,13-14H,7-9H2,1-2H3. The summed E-state index contributed by atoms with van der Waals surface area (Å²) in [6.07, 6.45) is 2.13. The molecule has 0 saturated heterocycles. The number of phenols is 1. The smallest absolute Gasteiger partial charge is 0.115 e. The van der Waals surface area contributed by atoms with Crippen LogP contribution in [0.4, 0.5) is 0 Å². The summed E-state index contributed by atoms with van der Waals surface area (Å²) in [4.78, 5) is 0. The minimum absolute atomic E-state index is 0.339. The van der Waals surface area contributed by atoms with Crippen molar-refractivity contribution in [2.24, 2.45) is 5.92 Å². The van der Waals surface area contributed by atoms with Crippen molar-refractivity contribution in [2.75, 3.05) is 18.6 Å². The summed E-state index contributed by atoms with van der Waals surface area (Å²) >= 11 is 1.88. The number of aromatic hydroxyl groups is 1. The van der Waals surface area contributed by atoms with Crippen LogP contribution in [-0.2, 0) is 6.54 Å². The van der Waals surface area contributed by atoms with Gasteiger partial charge in [-0.15, -0.1) is 0 Å².